The number of carbonyl (C=O) groups is 4. The maximum Gasteiger partial charge on any atom is 0.255 e. The summed E-state index contributed by atoms with van der Waals surface area (Å²) >= 11 is 0. The number of nitrogens with zero attached hydrogens (tertiary/aromatic N) is 1. The highest BCUT2D eigenvalue weighted by Crippen LogP contribution is 2.32. The first-order chi connectivity index (χ1) is 18.5. The van der Waals surface area contributed by atoms with Crippen LogP contribution < -0.4 is 16.0 Å². The smallest absolute Gasteiger partial charge is 0.255 e. The molecule has 3 N–H and O–H groups in total. The Morgan fingerprint density at radius 1 is 0.947 bits per heavy atom. The van der Waals surface area contributed by atoms with E-state index in [-0.39, 0.29) is 50.3 Å². The molecular formula is C26H36N4O8. The monoisotopic (exact) mass is 532 g/mol. The molecule has 2 fully saturated rings. The molecule has 1 atom stereocenters. The number of ether oxygens (including phenoxy) is 4. The van der Waals surface area contributed by atoms with E-state index < -0.39 is 11.9 Å². The molecule has 0 spiro atoms. The molecule has 1 aromatic rings. The molecule has 3 aliphatic heterocycles. The Morgan fingerprint density at radius 3 is 2.39 bits per heavy atom. The zero-order valence-corrected chi connectivity index (χ0v) is 21.5. The molecule has 38 heavy (non-hydrogen) atoms. The van der Waals surface area contributed by atoms with Crippen LogP contribution in [0.2, 0.25) is 0 Å². The van der Waals surface area contributed by atoms with Gasteiger partial charge in [-0.05, 0) is 44.5 Å². The molecule has 4 rings (SSSR count). The Balaban J connectivity index is 1.08. The Labute approximate surface area is 221 Å². The van der Waals surface area contributed by atoms with E-state index >= 15 is 0 Å². The third kappa shape index (κ3) is 7.81. The van der Waals surface area contributed by atoms with Crippen LogP contribution in [-0.2, 0) is 39.9 Å². The van der Waals surface area contributed by atoms with Gasteiger partial charge in [0, 0.05) is 29.8 Å². The molecule has 1 aromatic carbocycles. The van der Waals surface area contributed by atoms with Crippen molar-refractivity contribution in [2.45, 2.75) is 44.4 Å². The Kier molecular flexibility index (Phi) is 10.6. The van der Waals surface area contributed by atoms with Crippen LogP contribution in [0.15, 0.2) is 18.2 Å². The molecular weight excluding hydrogens is 496 g/mol. The first kappa shape index (κ1) is 28.1. The third-order valence-corrected chi connectivity index (χ3v) is 6.70. The lowest BCUT2D eigenvalue weighted by atomic mass is 10.0. The van der Waals surface area contributed by atoms with E-state index in [0.717, 1.165) is 25.9 Å². The van der Waals surface area contributed by atoms with Gasteiger partial charge >= 0.3 is 0 Å². The van der Waals surface area contributed by atoms with Crippen molar-refractivity contribution in [2.75, 3.05) is 64.7 Å². The number of anilines is 1. The highest BCUT2D eigenvalue weighted by molar-refractivity contribution is 6.06. The van der Waals surface area contributed by atoms with Gasteiger partial charge in [-0.2, -0.15) is 0 Å². The Morgan fingerprint density at radius 2 is 1.66 bits per heavy atom. The van der Waals surface area contributed by atoms with Gasteiger partial charge in [-0.1, -0.05) is 6.07 Å². The van der Waals surface area contributed by atoms with Crippen molar-refractivity contribution >= 4 is 29.3 Å². The number of rotatable bonds is 14. The number of fused-ring (bicyclic) bond motifs is 1. The summed E-state index contributed by atoms with van der Waals surface area (Å²) in [5.41, 5.74) is 1.57. The van der Waals surface area contributed by atoms with Crippen molar-refractivity contribution in [3.8, 4) is 0 Å². The molecule has 4 amide bonds. The van der Waals surface area contributed by atoms with Gasteiger partial charge in [0.25, 0.3) is 5.91 Å². The fourth-order valence-corrected chi connectivity index (χ4v) is 4.73. The molecule has 3 aliphatic rings. The van der Waals surface area contributed by atoms with Gasteiger partial charge in [-0.3, -0.25) is 24.5 Å². The summed E-state index contributed by atoms with van der Waals surface area (Å²) in [4.78, 5) is 50.4. The van der Waals surface area contributed by atoms with Crippen LogP contribution >= 0.6 is 0 Å². The Hall–Kier alpha value is -2.90. The zero-order valence-electron chi connectivity index (χ0n) is 21.5. The fourth-order valence-electron chi connectivity index (χ4n) is 4.73. The van der Waals surface area contributed by atoms with E-state index in [1.807, 2.05) is 0 Å². The molecule has 0 aliphatic carbocycles. The van der Waals surface area contributed by atoms with Crippen molar-refractivity contribution in [1.29, 1.82) is 0 Å². The molecule has 3 heterocycles. The van der Waals surface area contributed by atoms with E-state index in [4.69, 9.17) is 18.9 Å². The van der Waals surface area contributed by atoms with Crippen molar-refractivity contribution in [3.05, 3.63) is 29.3 Å². The third-order valence-electron chi connectivity index (χ3n) is 6.70. The summed E-state index contributed by atoms with van der Waals surface area (Å²) < 4.78 is 22.1. The Bertz CT molecular complexity index is 997. The van der Waals surface area contributed by atoms with E-state index in [0.29, 0.717) is 56.0 Å². The number of benzene rings is 1. The number of piperidine rings is 2. The van der Waals surface area contributed by atoms with Crippen molar-refractivity contribution in [3.63, 3.8) is 0 Å². The maximum absolute atomic E-state index is 12.9. The quantitative estimate of drug-likeness (QED) is 0.226. The van der Waals surface area contributed by atoms with Gasteiger partial charge < -0.3 is 34.5 Å². The second-order valence-electron chi connectivity index (χ2n) is 9.38. The van der Waals surface area contributed by atoms with Gasteiger partial charge in [0.1, 0.15) is 12.6 Å². The van der Waals surface area contributed by atoms with Crippen LogP contribution in [-0.4, -0.2) is 100 Å². The van der Waals surface area contributed by atoms with E-state index in [1.165, 1.54) is 4.90 Å². The van der Waals surface area contributed by atoms with Crippen molar-refractivity contribution < 1.29 is 38.1 Å². The maximum atomic E-state index is 12.9. The minimum atomic E-state index is -0.711. The molecule has 12 heteroatoms. The van der Waals surface area contributed by atoms with Gasteiger partial charge in [0.15, 0.2) is 0 Å². The minimum Gasteiger partial charge on any atom is -0.377 e. The van der Waals surface area contributed by atoms with Crippen LogP contribution in [0.4, 0.5) is 5.69 Å². The summed E-state index contributed by atoms with van der Waals surface area (Å²) in [6.07, 6.45) is 2.86. The van der Waals surface area contributed by atoms with Crippen molar-refractivity contribution in [1.82, 2.24) is 15.5 Å². The van der Waals surface area contributed by atoms with E-state index in [9.17, 15) is 19.2 Å². The summed E-state index contributed by atoms with van der Waals surface area (Å²) in [7, 11) is 0. The largest absolute Gasteiger partial charge is 0.377 e. The summed E-state index contributed by atoms with van der Waals surface area (Å²) in [6, 6.07) is 4.34. The number of carbonyl (C=O) groups excluding carboxylic acids is 4. The van der Waals surface area contributed by atoms with E-state index in [1.54, 1.807) is 18.2 Å². The van der Waals surface area contributed by atoms with Gasteiger partial charge in [0.2, 0.25) is 17.7 Å². The second-order valence-corrected chi connectivity index (χ2v) is 9.38. The first-order valence-electron chi connectivity index (χ1n) is 13.1. The number of imide groups is 1. The minimum absolute atomic E-state index is 0.164. The topological polar surface area (TPSA) is 145 Å². The van der Waals surface area contributed by atoms with Crippen LogP contribution in [0.5, 0.6) is 0 Å². The highest BCUT2D eigenvalue weighted by atomic mass is 16.6. The number of hydrogen-bond acceptors (Lipinski definition) is 9. The second kappa shape index (κ2) is 14.3. The molecule has 2 saturated heterocycles. The molecule has 12 nitrogen and oxygen atoms in total. The standard InChI is InChI=1S/C26H36N4O8/c31-23-5-4-22(25(33)29-23)30-16-20-19(26(30)34)2-1-3-21(20)28-24(32)17-37-13-12-35-10-11-36-14-15-38-18-6-8-27-9-7-18/h1-3,18,22,27H,4-17H2,(H,28,32)(H,29,31,33). The van der Waals surface area contributed by atoms with Crippen molar-refractivity contribution in [2.24, 2.45) is 0 Å². The lowest BCUT2D eigenvalue weighted by Gasteiger charge is -2.29. The van der Waals surface area contributed by atoms with Gasteiger partial charge in [-0.25, -0.2) is 0 Å². The average molecular weight is 533 g/mol. The molecule has 0 radical (unpaired) electrons. The summed E-state index contributed by atoms with van der Waals surface area (Å²) in [6.45, 7) is 4.60. The van der Waals surface area contributed by atoms with Crippen LogP contribution in [0.25, 0.3) is 0 Å². The van der Waals surface area contributed by atoms with Crippen LogP contribution in [0, 0.1) is 0 Å². The fraction of sp³-hybridized carbons (Fsp3) is 0.615. The lowest BCUT2D eigenvalue weighted by molar-refractivity contribution is -0.137. The van der Waals surface area contributed by atoms with Crippen LogP contribution in [0.1, 0.15) is 41.6 Å². The van der Waals surface area contributed by atoms with E-state index in [2.05, 4.69) is 16.0 Å². The number of hydrogen-bond donors (Lipinski definition) is 3. The summed E-state index contributed by atoms with van der Waals surface area (Å²) in [5, 5.41) is 8.37. The molecule has 0 aromatic heterocycles. The van der Waals surface area contributed by atoms with Crippen LogP contribution in [0.3, 0.4) is 0 Å². The summed E-state index contributed by atoms with van der Waals surface area (Å²) in [5.74, 6) is -1.47. The lowest BCUT2D eigenvalue weighted by Crippen LogP contribution is -2.52. The molecule has 0 bridgehead atoms. The normalized spacial score (nSPS) is 19.9. The highest BCUT2D eigenvalue weighted by Gasteiger charge is 2.39. The zero-order chi connectivity index (χ0) is 26.7. The van der Waals surface area contributed by atoms with Gasteiger partial charge in [-0.15, -0.1) is 0 Å². The first-order valence-corrected chi connectivity index (χ1v) is 13.1. The molecule has 1 unspecified atom stereocenters. The predicted octanol–water partition coefficient (Wildman–Crippen LogP) is 0.205. The molecule has 208 valence electrons. The van der Waals surface area contributed by atoms with Gasteiger partial charge in [0.05, 0.1) is 45.7 Å². The number of amides is 4. The average Bonchev–Trinajstić information content (AvgIpc) is 3.25. The predicted molar refractivity (Wildman–Crippen MR) is 135 cm³/mol. The SMILES string of the molecule is O=C1CCC(N2Cc3c(NC(=O)COCCOCCOCCOC4CCNCC4)cccc3C2=O)C(=O)N1. The molecule has 0 saturated carbocycles. The number of nitrogens with one attached hydrogen (secondary N) is 3.